The number of carbonyl (C=O) groups is 1. The van der Waals surface area contributed by atoms with Crippen molar-refractivity contribution >= 4 is 5.91 Å². The van der Waals surface area contributed by atoms with Crippen LogP contribution in [0.5, 0.6) is 0 Å². The van der Waals surface area contributed by atoms with Gasteiger partial charge in [-0.15, -0.1) is 0 Å². The Bertz CT molecular complexity index is 552. The van der Waals surface area contributed by atoms with Crippen LogP contribution in [-0.2, 0) is 0 Å². The Morgan fingerprint density at radius 1 is 1.03 bits per heavy atom. The van der Waals surface area contributed by atoms with Crippen LogP contribution in [0.3, 0.4) is 0 Å². The molecule has 1 unspecified atom stereocenters. The number of aromatic nitrogens is 1. The molecule has 1 heterocycles. The molecule has 0 aliphatic rings. The zero-order valence-corrected chi connectivity index (χ0v) is 19.2. The minimum absolute atomic E-state index is 0.131. The quantitative estimate of drug-likeness (QED) is 0.293. The van der Waals surface area contributed by atoms with Gasteiger partial charge in [0.1, 0.15) is 6.26 Å². The summed E-state index contributed by atoms with van der Waals surface area (Å²) >= 11 is 0. The monoisotopic (exact) mass is 410 g/mol. The molecule has 1 atom stereocenters. The number of quaternary nitrogens is 1. The number of rotatable bonds is 17. The maximum atomic E-state index is 12.4. The fraction of sp³-hybridized carbons (Fsp3) is 0.826. The largest absolute Gasteiger partial charge is 0.396 e. The molecule has 0 spiro atoms. The zero-order valence-electron chi connectivity index (χ0n) is 19.2. The van der Waals surface area contributed by atoms with E-state index in [9.17, 15) is 4.79 Å². The van der Waals surface area contributed by atoms with Gasteiger partial charge in [-0.05, 0) is 18.8 Å². The number of nitrogens with zero attached hydrogens (tertiary/aromatic N) is 2. The third-order valence-electron chi connectivity index (χ3n) is 5.46. The standard InChI is InChI=1S/C23H43N3O3/c1-20(15-13-11-9-7-5-6-8-10-12-14-18-27)21-19-29-25-22(21)23(28)24-16-17-26(2,3)4/h19-20,27H,5-18H2,1-4H3/p+1. The van der Waals surface area contributed by atoms with Crippen LogP contribution in [0.4, 0.5) is 0 Å². The van der Waals surface area contributed by atoms with Crippen LogP contribution in [0.15, 0.2) is 10.8 Å². The minimum atomic E-state index is -0.131. The maximum absolute atomic E-state index is 12.4. The molecule has 0 aliphatic heterocycles. The molecule has 6 nitrogen and oxygen atoms in total. The van der Waals surface area contributed by atoms with Gasteiger partial charge in [-0.2, -0.15) is 0 Å². The topological polar surface area (TPSA) is 75.4 Å². The Morgan fingerprint density at radius 3 is 2.14 bits per heavy atom. The van der Waals surface area contributed by atoms with E-state index >= 15 is 0 Å². The van der Waals surface area contributed by atoms with Crippen molar-refractivity contribution in [2.24, 2.45) is 0 Å². The number of hydrogen-bond donors (Lipinski definition) is 2. The molecule has 0 aliphatic carbocycles. The molecule has 6 heteroatoms. The first kappa shape index (κ1) is 25.6. The molecule has 168 valence electrons. The molecule has 0 aromatic carbocycles. The number of aliphatic hydroxyl groups is 1. The van der Waals surface area contributed by atoms with Gasteiger partial charge in [0.2, 0.25) is 0 Å². The van der Waals surface area contributed by atoms with Crippen LogP contribution in [0.2, 0.25) is 0 Å². The van der Waals surface area contributed by atoms with E-state index in [2.05, 4.69) is 38.5 Å². The summed E-state index contributed by atoms with van der Waals surface area (Å²) in [7, 11) is 6.32. The highest BCUT2D eigenvalue weighted by Gasteiger charge is 2.21. The van der Waals surface area contributed by atoms with Gasteiger partial charge in [-0.25, -0.2) is 0 Å². The molecular formula is C23H44N3O3+. The number of nitrogens with one attached hydrogen (secondary N) is 1. The molecule has 29 heavy (non-hydrogen) atoms. The van der Waals surface area contributed by atoms with Crippen molar-refractivity contribution in [1.82, 2.24) is 10.5 Å². The fourth-order valence-electron chi connectivity index (χ4n) is 3.49. The minimum Gasteiger partial charge on any atom is -0.396 e. The maximum Gasteiger partial charge on any atom is 0.273 e. The lowest BCUT2D eigenvalue weighted by atomic mass is 9.94. The second kappa shape index (κ2) is 14.6. The van der Waals surface area contributed by atoms with E-state index < -0.39 is 0 Å². The molecule has 2 N–H and O–H groups in total. The van der Waals surface area contributed by atoms with Gasteiger partial charge in [0.05, 0.1) is 34.2 Å². The lowest BCUT2D eigenvalue weighted by molar-refractivity contribution is -0.869. The summed E-state index contributed by atoms with van der Waals surface area (Å²) in [6, 6.07) is 0. The van der Waals surface area contributed by atoms with Crippen LogP contribution in [-0.4, -0.2) is 61.5 Å². The summed E-state index contributed by atoms with van der Waals surface area (Å²) in [5, 5.41) is 15.7. The molecule has 0 fully saturated rings. The van der Waals surface area contributed by atoms with E-state index in [4.69, 9.17) is 9.63 Å². The third kappa shape index (κ3) is 12.0. The average Bonchev–Trinajstić information content (AvgIpc) is 3.15. The summed E-state index contributed by atoms with van der Waals surface area (Å²) in [5.74, 6) is 0.153. The van der Waals surface area contributed by atoms with Gasteiger partial charge >= 0.3 is 0 Å². The lowest BCUT2D eigenvalue weighted by Crippen LogP contribution is -2.42. The van der Waals surface area contributed by atoms with Crippen molar-refractivity contribution in [1.29, 1.82) is 0 Å². The number of aliphatic hydroxyl groups excluding tert-OH is 1. The summed E-state index contributed by atoms with van der Waals surface area (Å²) in [4.78, 5) is 12.4. The summed E-state index contributed by atoms with van der Waals surface area (Å²) < 4.78 is 5.92. The van der Waals surface area contributed by atoms with Crippen LogP contribution in [0.25, 0.3) is 0 Å². The Balaban J connectivity index is 2.18. The van der Waals surface area contributed by atoms with Crippen LogP contribution in [0.1, 0.15) is 99.5 Å². The van der Waals surface area contributed by atoms with Crippen molar-refractivity contribution in [3.8, 4) is 0 Å². The second-order valence-electron chi connectivity index (χ2n) is 9.34. The highest BCUT2D eigenvalue weighted by molar-refractivity contribution is 5.93. The molecule has 0 saturated heterocycles. The van der Waals surface area contributed by atoms with Crippen molar-refractivity contribution in [2.75, 3.05) is 40.8 Å². The Kier molecular flexibility index (Phi) is 12.9. The van der Waals surface area contributed by atoms with Crippen molar-refractivity contribution < 1.29 is 18.9 Å². The number of hydrogen-bond acceptors (Lipinski definition) is 4. The van der Waals surface area contributed by atoms with E-state index in [1.54, 1.807) is 6.26 Å². The summed E-state index contributed by atoms with van der Waals surface area (Å²) in [6.45, 7) is 3.99. The predicted octanol–water partition coefficient (Wildman–Crippen LogP) is 4.50. The lowest BCUT2D eigenvalue weighted by Gasteiger charge is -2.23. The van der Waals surface area contributed by atoms with E-state index in [1.165, 1.54) is 51.4 Å². The molecule has 1 amide bonds. The molecule has 0 saturated carbocycles. The number of amides is 1. The van der Waals surface area contributed by atoms with Gasteiger partial charge in [-0.3, -0.25) is 4.79 Å². The Morgan fingerprint density at radius 2 is 1.59 bits per heavy atom. The van der Waals surface area contributed by atoms with Crippen molar-refractivity contribution in [3.63, 3.8) is 0 Å². The molecule has 1 rings (SSSR count). The summed E-state index contributed by atoms with van der Waals surface area (Å²) in [6.07, 6.45) is 15.0. The Hall–Kier alpha value is -1.40. The van der Waals surface area contributed by atoms with Gasteiger partial charge in [0.25, 0.3) is 5.91 Å². The first-order valence-corrected chi connectivity index (χ1v) is 11.5. The highest BCUT2D eigenvalue weighted by Crippen LogP contribution is 2.25. The summed E-state index contributed by atoms with van der Waals surface area (Å²) in [5.41, 5.74) is 1.37. The normalized spacial score (nSPS) is 12.9. The molecule has 0 bridgehead atoms. The number of likely N-dealkylation sites (N-methyl/N-ethyl adjacent to an activating group) is 1. The second-order valence-corrected chi connectivity index (χ2v) is 9.34. The number of carbonyl (C=O) groups excluding carboxylic acids is 1. The van der Waals surface area contributed by atoms with E-state index in [0.717, 1.165) is 35.9 Å². The van der Waals surface area contributed by atoms with Crippen molar-refractivity contribution in [3.05, 3.63) is 17.5 Å². The van der Waals surface area contributed by atoms with Gasteiger partial charge in [-0.1, -0.05) is 69.9 Å². The molecule has 1 aromatic heterocycles. The number of unbranched alkanes of at least 4 members (excludes halogenated alkanes) is 9. The molecular weight excluding hydrogens is 366 g/mol. The van der Waals surface area contributed by atoms with Crippen LogP contribution >= 0.6 is 0 Å². The van der Waals surface area contributed by atoms with Gasteiger partial charge in [0.15, 0.2) is 5.69 Å². The van der Waals surface area contributed by atoms with Gasteiger partial charge < -0.3 is 19.4 Å². The predicted molar refractivity (Wildman–Crippen MR) is 118 cm³/mol. The van der Waals surface area contributed by atoms with Crippen LogP contribution < -0.4 is 5.32 Å². The van der Waals surface area contributed by atoms with E-state index in [1.807, 2.05) is 0 Å². The van der Waals surface area contributed by atoms with Gasteiger partial charge in [0, 0.05) is 12.2 Å². The zero-order chi connectivity index (χ0) is 21.5. The van der Waals surface area contributed by atoms with E-state index in [-0.39, 0.29) is 11.8 Å². The first-order valence-electron chi connectivity index (χ1n) is 11.5. The molecule has 0 radical (unpaired) electrons. The first-order chi connectivity index (χ1) is 13.8. The SMILES string of the molecule is CC(CCCCCCCCCCCCO)c1conc1C(=O)NCC[N+](C)(C)C. The Labute approximate surface area is 177 Å². The fourth-order valence-corrected chi connectivity index (χ4v) is 3.49. The third-order valence-corrected chi connectivity index (χ3v) is 5.46. The molecule has 1 aromatic rings. The smallest absolute Gasteiger partial charge is 0.273 e. The van der Waals surface area contributed by atoms with Crippen molar-refractivity contribution in [2.45, 2.75) is 83.5 Å². The average molecular weight is 411 g/mol. The van der Waals surface area contributed by atoms with Crippen LogP contribution in [0, 0.1) is 0 Å². The van der Waals surface area contributed by atoms with E-state index in [0.29, 0.717) is 18.8 Å². The highest BCUT2D eigenvalue weighted by atomic mass is 16.5.